The van der Waals surface area contributed by atoms with Crippen molar-refractivity contribution in [3.63, 3.8) is 0 Å². The zero-order chi connectivity index (χ0) is 8.97. The molecule has 1 aromatic heterocycles. The van der Waals surface area contributed by atoms with Gasteiger partial charge in [-0.05, 0) is 5.92 Å². The highest BCUT2D eigenvalue weighted by Crippen LogP contribution is 2.07. The second-order valence-corrected chi connectivity index (χ2v) is 1.95. The fourth-order valence-electron chi connectivity index (χ4n) is 0.647. The third-order valence-corrected chi connectivity index (χ3v) is 1.12. The molecule has 58 valence electrons. The van der Waals surface area contributed by atoms with Gasteiger partial charge in [-0.25, -0.2) is 9.37 Å². The van der Waals surface area contributed by atoms with Gasteiger partial charge in [0.05, 0.1) is 11.9 Å². The number of hydrogen-bond acceptors (Lipinski definition) is 3. The standard InChI is InChI=1S/C8H4FN3/c9-6-4-7(11)8(12-5-6)2-1-3-10/h4-5H,11H2. The first kappa shape index (κ1) is 8.03. The molecule has 0 aliphatic heterocycles. The molecule has 0 saturated carbocycles. The molecule has 0 fully saturated rings. The van der Waals surface area contributed by atoms with E-state index in [0.29, 0.717) is 0 Å². The predicted octanol–water partition coefficient (Wildman–Crippen LogP) is 0.678. The van der Waals surface area contributed by atoms with Crippen LogP contribution in [0.5, 0.6) is 0 Å². The average Bonchev–Trinajstić information content (AvgIpc) is 2.03. The molecule has 1 heterocycles. The first-order chi connectivity index (χ1) is 5.74. The minimum atomic E-state index is -0.519. The number of pyridine rings is 1. The van der Waals surface area contributed by atoms with Gasteiger partial charge < -0.3 is 5.73 Å². The lowest BCUT2D eigenvalue weighted by Gasteiger charge is -1.94. The maximum atomic E-state index is 12.4. The molecular weight excluding hydrogens is 157 g/mol. The summed E-state index contributed by atoms with van der Waals surface area (Å²) in [6.07, 6.45) is 0.998. The fraction of sp³-hybridized carbons (Fsp3) is 0. The van der Waals surface area contributed by atoms with Crippen molar-refractivity contribution in [3.05, 3.63) is 23.8 Å². The fourth-order valence-corrected chi connectivity index (χ4v) is 0.647. The van der Waals surface area contributed by atoms with E-state index in [1.165, 1.54) is 0 Å². The summed E-state index contributed by atoms with van der Waals surface area (Å²) in [6.45, 7) is 0. The van der Waals surface area contributed by atoms with Crippen molar-refractivity contribution in [2.45, 2.75) is 0 Å². The SMILES string of the molecule is N#CC#Cc1ncc(F)cc1N. The molecule has 0 aliphatic carbocycles. The summed E-state index contributed by atoms with van der Waals surface area (Å²) in [5.74, 6) is 3.97. The van der Waals surface area contributed by atoms with Gasteiger partial charge in [-0.1, -0.05) is 0 Å². The molecule has 1 rings (SSSR count). The first-order valence-electron chi connectivity index (χ1n) is 3.05. The number of halogens is 1. The van der Waals surface area contributed by atoms with Crippen LogP contribution < -0.4 is 5.73 Å². The van der Waals surface area contributed by atoms with Gasteiger partial charge in [-0.3, -0.25) is 0 Å². The lowest BCUT2D eigenvalue weighted by atomic mass is 10.3. The maximum absolute atomic E-state index is 12.4. The normalized spacial score (nSPS) is 8.00. The molecule has 4 heteroatoms. The lowest BCUT2D eigenvalue weighted by Crippen LogP contribution is -1.94. The van der Waals surface area contributed by atoms with Gasteiger partial charge in [-0.2, -0.15) is 5.26 Å². The van der Waals surface area contributed by atoms with Gasteiger partial charge >= 0.3 is 0 Å². The topological polar surface area (TPSA) is 62.7 Å². The van der Waals surface area contributed by atoms with Crippen LogP contribution in [-0.2, 0) is 0 Å². The molecule has 0 aromatic carbocycles. The Labute approximate surface area is 68.6 Å². The van der Waals surface area contributed by atoms with Crippen molar-refractivity contribution in [1.82, 2.24) is 4.98 Å². The van der Waals surface area contributed by atoms with Crippen molar-refractivity contribution in [1.29, 1.82) is 5.26 Å². The van der Waals surface area contributed by atoms with E-state index in [-0.39, 0.29) is 11.4 Å². The van der Waals surface area contributed by atoms with Crippen molar-refractivity contribution >= 4 is 5.69 Å². The van der Waals surface area contributed by atoms with E-state index in [0.717, 1.165) is 12.3 Å². The number of anilines is 1. The summed E-state index contributed by atoms with van der Waals surface area (Å²) in [5, 5.41) is 8.11. The Bertz CT molecular complexity index is 395. The zero-order valence-electron chi connectivity index (χ0n) is 6.00. The molecule has 0 radical (unpaired) electrons. The number of aromatic nitrogens is 1. The van der Waals surface area contributed by atoms with Gasteiger partial charge in [0, 0.05) is 12.0 Å². The van der Waals surface area contributed by atoms with Crippen LogP contribution in [0.3, 0.4) is 0 Å². The highest BCUT2D eigenvalue weighted by atomic mass is 19.1. The van der Waals surface area contributed by atoms with Gasteiger partial charge in [-0.15, -0.1) is 0 Å². The van der Waals surface area contributed by atoms with Crippen LogP contribution in [-0.4, -0.2) is 4.98 Å². The van der Waals surface area contributed by atoms with Crippen LogP contribution in [0.2, 0.25) is 0 Å². The molecule has 12 heavy (non-hydrogen) atoms. The average molecular weight is 161 g/mol. The Hall–Kier alpha value is -2.07. The number of nitriles is 1. The Kier molecular flexibility index (Phi) is 2.25. The molecular formula is C8H4FN3. The minimum absolute atomic E-state index is 0.137. The number of rotatable bonds is 0. The van der Waals surface area contributed by atoms with Crippen LogP contribution in [0.25, 0.3) is 0 Å². The van der Waals surface area contributed by atoms with Crippen molar-refractivity contribution in [2.24, 2.45) is 0 Å². The van der Waals surface area contributed by atoms with E-state index >= 15 is 0 Å². The predicted molar refractivity (Wildman–Crippen MR) is 41.1 cm³/mol. The molecule has 0 saturated heterocycles. The second kappa shape index (κ2) is 3.36. The van der Waals surface area contributed by atoms with E-state index in [9.17, 15) is 4.39 Å². The van der Waals surface area contributed by atoms with E-state index in [1.54, 1.807) is 6.07 Å². The summed E-state index contributed by atoms with van der Waals surface area (Å²) in [6, 6.07) is 2.71. The van der Waals surface area contributed by atoms with E-state index in [4.69, 9.17) is 11.0 Å². The molecule has 0 atom stereocenters. The number of nitrogen functional groups attached to an aromatic ring is 1. The molecule has 3 nitrogen and oxygen atoms in total. The maximum Gasteiger partial charge on any atom is 0.152 e. The van der Waals surface area contributed by atoms with Crippen molar-refractivity contribution in [2.75, 3.05) is 5.73 Å². The van der Waals surface area contributed by atoms with Crippen LogP contribution in [0, 0.1) is 29.0 Å². The quantitative estimate of drug-likeness (QED) is 0.569. The first-order valence-corrected chi connectivity index (χ1v) is 3.05. The molecule has 0 aliphatic rings. The number of nitrogens with two attached hydrogens (primary N) is 1. The third kappa shape index (κ3) is 1.71. The zero-order valence-corrected chi connectivity index (χ0v) is 6.00. The van der Waals surface area contributed by atoms with Gasteiger partial charge in [0.1, 0.15) is 11.5 Å². The smallest absolute Gasteiger partial charge is 0.152 e. The molecule has 0 unspecified atom stereocenters. The van der Waals surface area contributed by atoms with Crippen LogP contribution in [0.1, 0.15) is 5.69 Å². The van der Waals surface area contributed by atoms with Crippen LogP contribution >= 0.6 is 0 Å². The Balaban J connectivity index is 3.12. The Morgan fingerprint density at radius 1 is 1.58 bits per heavy atom. The number of hydrogen-bond donors (Lipinski definition) is 1. The van der Waals surface area contributed by atoms with Gasteiger partial charge in [0.15, 0.2) is 6.07 Å². The monoisotopic (exact) mass is 161 g/mol. The van der Waals surface area contributed by atoms with Gasteiger partial charge in [0.25, 0.3) is 0 Å². The van der Waals surface area contributed by atoms with Crippen molar-refractivity contribution in [3.8, 4) is 17.9 Å². The van der Waals surface area contributed by atoms with Crippen molar-refractivity contribution < 1.29 is 4.39 Å². The Morgan fingerprint density at radius 2 is 2.33 bits per heavy atom. The minimum Gasteiger partial charge on any atom is -0.396 e. The summed E-state index contributed by atoms with van der Waals surface area (Å²) in [7, 11) is 0. The summed E-state index contributed by atoms with van der Waals surface area (Å²) in [4.78, 5) is 3.59. The van der Waals surface area contributed by atoms with E-state index in [1.807, 2.05) is 0 Å². The van der Waals surface area contributed by atoms with Crippen LogP contribution in [0.15, 0.2) is 12.3 Å². The molecule has 0 spiro atoms. The lowest BCUT2D eigenvalue weighted by molar-refractivity contribution is 0.622. The second-order valence-electron chi connectivity index (χ2n) is 1.95. The van der Waals surface area contributed by atoms with Crippen LogP contribution in [0.4, 0.5) is 10.1 Å². The molecule has 0 amide bonds. The third-order valence-electron chi connectivity index (χ3n) is 1.12. The summed E-state index contributed by atoms with van der Waals surface area (Å²) < 4.78 is 12.4. The number of nitrogens with zero attached hydrogens (tertiary/aromatic N) is 2. The van der Waals surface area contributed by atoms with E-state index in [2.05, 4.69) is 16.8 Å². The molecule has 1 aromatic rings. The summed E-state index contributed by atoms with van der Waals surface area (Å²) in [5.41, 5.74) is 5.70. The highest BCUT2D eigenvalue weighted by molar-refractivity contribution is 5.52. The van der Waals surface area contributed by atoms with Gasteiger partial charge in [0.2, 0.25) is 0 Å². The Morgan fingerprint density at radius 3 is 2.92 bits per heavy atom. The molecule has 2 N–H and O–H groups in total. The van der Waals surface area contributed by atoms with E-state index < -0.39 is 5.82 Å². The molecule has 0 bridgehead atoms. The highest BCUT2D eigenvalue weighted by Gasteiger charge is 1.97. The largest absolute Gasteiger partial charge is 0.396 e. The summed E-state index contributed by atoms with van der Waals surface area (Å²) >= 11 is 0.